The molecule has 0 aromatic heterocycles. The van der Waals surface area contributed by atoms with E-state index in [1.54, 1.807) is 19.0 Å². The molecule has 1 aliphatic rings. The number of nitrogens with zero attached hydrogens (tertiary/aromatic N) is 1. The van der Waals surface area contributed by atoms with E-state index >= 15 is 0 Å². The molecular formula is C11H21N3O3. The molecule has 0 saturated carbocycles. The van der Waals surface area contributed by atoms with Gasteiger partial charge >= 0.3 is 0 Å². The van der Waals surface area contributed by atoms with Gasteiger partial charge in [0.15, 0.2) is 0 Å². The van der Waals surface area contributed by atoms with Crippen molar-refractivity contribution in [3.05, 3.63) is 0 Å². The topological polar surface area (TPSA) is 70.7 Å². The van der Waals surface area contributed by atoms with E-state index in [-0.39, 0.29) is 23.8 Å². The van der Waals surface area contributed by atoms with E-state index < -0.39 is 0 Å². The van der Waals surface area contributed by atoms with Crippen molar-refractivity contribution >= 4 is 11.8 Å². The van der Waals surface area contributed by atoms with Gasteiger partial charge in [-0.25, -0.2) is 0 Å². The van der Waals surface area contributed by atoms with Crippen molar-refractivity contribution in [3.8, 4) is 0 Å². The van der Waals surface area contributed by atoms with Gasteiger partial charge in [0.05, 0.1) is 19.1 Å². The second-order valence-electron chi connectivity index (χ2n) is 4.22. The first-order valence-corrected chi connectivity index (χ1v) is 5.80. The minimum absolute atomic E-state index is 0.0331. The van der Waals surface area contributed by atoms with E-state index in [9.17, 15) is 9.59 Å². The highest BCUT2D eigenvalue weighted by Gasteiger charge is 2.34. The zero-order valence-electron chi connectivity index (χ0n) is 10.7. The molecule has 98 valence electrons. The van der Waals surface area contributed by atoms with Crippen LogP contribution in [0.15, 0.2) is 0 Å². The fraction of sp³-hybridized carbons (Fsp3) is 0.818. The highest BCUT2D eigenvalue weighted by atomic mass is 16.5. The second-order valence-corrected chi connectivity index (χ2v) is 4.22. The van der Waals surface area contributed by atoms with Crippen molar-refractivity contribution in [2.45, 2.75) is 12.5 Å². The van der Waals surface area contributed by atoms with Gasteiger partial charge in [-0.1, -0.05) is 0 Å². The van der Waals surface area contributed by atoms with Crippen LogP contribution in [0.3, 0.4) is 0 Å². The lowest BCUT2D eigenvalue weighted by Crippen LogP contribution is -2.44. The number of amides is 2. The van der Waals surface area contributed by atoms with Crippen molar-refractivity contribution in [3.63, 3.8) is 0 Å². The molecule has 1 aliphatic heterocycles. The van der Waals surface area contributed by atoms with Gasteiger partial charge in [-0.3, -0.25) is 9.59 Å². The minimum atomic E-state index is -0.144. The molecule has 2 atom stereocenters. The molecule has 2 N–H and O–H groups in total. The van der Waals surface area contributed by atoms with Crippen molar-refractivity contribution < 1.29 is 14.3 Å². The van der Waals surface area contributed by atoms with Crippen molar-refractivity contribution in [1.29, 1.82) is 0 Å². The van der Waals surface area contributed by atoms with Crippen LogP contribution >= 0.6 is 0 Å². The highest BCUT2D eigenvalue weighted by molar-refractivity contribution is 5.81. The molecule has 1 saturated heterocycles. The summed E-state index contributed by atoms with van der Waals surface area (Å²) in [4.78, 5) is 24.8. The van der Waals surface area contributed by atoms with Crippen LogP contribution in [-0.2, 0) is 14.3 Å². The van der Waals surface area contributed by atoms with Gasteiger partial charge in [-0.15, -0.1) is 0 Å². The number of carbonyl (C=O) groups excluding carboxylic acids is 2. The van der Waals surface area contributed by atoms with Gasteiger partial charge in [0.2, 0.25) is 11.8 Å². The van der Waals surface area contributed by atoms with Crippen LogP contribution in [-0.4, -0.2) is 63.7 Å². The predicted molar refractivity (Wildman–Crippen MR) is 63.5 cm³/mol. The average Bonchev–Trinajstić information content (AvgIpc) is 2.82. The molecule has 0 aromatic rings. The zero-order valence-corrected chi connectivity index (χ0v) is 10.7. The van der Waals surface area contributed by atoms with Gasteiger partial charge in [-0.2, -0.15) is 0 Å². The monoisotopic (exact) mass is 243 g/mol. The van der Waals surface area contributed by atoms with E-state index in [2.05, 4.69) is 10.6 Å². The standard InChI is InChI=1S/C11H21N3O3/c1-12-9-7-17-6-8(9)11(16)14(3)5-4-10(15)13-2/h8-9,12H,4-7H2,1-3H3,(H,13,15). The molecule has 0 spiro atoms. The van der Waals surface area contributed by atoms with E-state index in [4.69, 9.17) is 4.74 Å². The number of rotatable bonds is 5. The SMILES string of the molecule is CNC(=O)CCN(C)C(=O)C1COCC1NC. The smallest absolute Gasteiger partial charge is 0.229 e. The molecular weight excluding hydrogens is 222 g/mol. The zero-order chi connectivity index (χ0) is 12.8. The molecule has 1 heterocycles. The third kappa shape index (κ3) is 3.67. The lowest BCUT2D eigenvalue weighted by Gasteiger charge is -2.23. The van der Waals surface area contributed by atoms with Crippen LogP contribution < -0.4 is 10.6 Å². The molecule has 0 aliphatic carbocycles. The molecule has 17 heavy (non-hydrogen) atoms. The lowest BCUT2D eigenvalue weighted by atomic mass is 10.0. The average molecular weight is 243 g/mol. The highest BCUT2D eigenvalue weighted by Crippen LogP contribution is 2.15. The molecule has 0 radical (unpaired) electrons. The van der Waals surface area contributed by atoms with Crippen molar-refractivity contribution in [2.75, 3.05) is 40.9 Å². The van der Waals surface area contributed by atoms with Crippen molar-refractivity contribution in [1.82, 2.24) is 15.5 Å². The van der Waals surface area contributed by atoms with Gasteiger partial charge in [-0.05, 0) is 7.05 Å². The first-order chi connectivity index (χ1) is 8.10. The number of nitrogens with one attached hydrogen (secondary N) is 2. The Labute approximate surface area is 102 Å². The van der Waals surface area contributed by atoms with Crippen LogP contribution in [0, 0.1) is 5.92 Å². The van der Waals surface area contributed by atoms with Gasteiger partial charge in [0, 0.05) is 33.1 Å². The molecule has 0 aromatic carbocycles. The summed E-state index contributed by atoms with van der Waals surface area (Å²) in [7, 11) is 5.13. The second kappa shape index (κ2) is 6.56. The predicted octanol–water partition coefficient (Wildman–Crippen LogP) is -1.18. The third-order valence-corrected chi connectivity index (χ3v) is 3.10. The Bertz CT molecular complexity index is 283. The fourth-order valence-electron chi connectivity index (χ4n) is 1.87. The van der Waals surface area contributed by atoms with Crippen LogP contribution in [0.5, 0.6) is 0 Å². The van der Waals surface area contributed by atoms with Gasteiger partial charge in [0.1, 0.15) is 0 Å². The summed E-state index contributed by atoms with van der Waals surface area (Å²) in [5.41, 5.74) is 0. The van der Waals surface area contributed by atoms with E-state index in [0.29, 0.717) is 26.2 Å². The number of hydrogen-bond donors (Lipinski definition) is 2. The summed E-state index contributed by atoms with van der Waals surface area (Å²) < 4.78 is 5.29. The Hall–Kier alpha value is -1.14. The summed E-state index contributed by atoms with van der Waals surface area (Å²) in [5, 5.41) is 5.61. The maximum absolute atomic E-state index is 12.1. The number of hydrogen-bond acceptors (Lipinski definition) is 4. The lowest BCUT2D eigenvalue weighted by molar-refractivity contribution is -0.135. The first kappa shape index (κ1) is 13.9. The molecule has 6 nitrogen and oxygen atoms in total. The molecule has 1 rings (SSSR count). The fourth-order valence-corrected chi connectivity index (χ4v) is 1.87. The number of ether oxygens (including phenoxy) is 1. The van der Waals surface area contributed by atoms with E-state index in [1.807, 2.05) is 7.05 Å². The van der Waals surface area contributed by atoms with Crippen LogP contribution in [0.4, 0.5) is 0 Å². The van der Waals surface area contributed by atoms with E-state index in [0.717, 1.165) is 0 Å². The maximum atomic E-state index is 12.1. The van der Waals surface area contributed by atoms with Crippen LogP contribution in [0.25, 0.3) is 0 Å². The van der Waals surface area contributed by atoms with Crippen LogP contribution in [0.2, 0.25) is 0 Å². The Kier molecular flexibility index (Phi) is 5.37. The summed E-state index contributed by atoms with van der Waals surface area (Å²) >= 11 is 0. The summed E-state index contributed by atoms with van der Waals surface area (Å²) in [6.07, 6.45) is 0.330. The Balaban J connectivity index is 2.43. The van der Waals surface area contributed by atoms with E-state index in [1.165, 1.54) is 0 Å². The number of carbonyl (C=O) groups is 2. The quantitative estimate of drug-likeness (QED) is 0.637. The number of likely N-dealkylation sites (N-methyl/N-ethyl adjacent to an activating group) is 1. The Morgan fingerprint density at radius 3 is 2.65 bits per heavy atom. The minimum Gasteiger partial charge on any atom is -0.379 e. The van der Waals surface area contributed by atoms with Crippen LogP contribution in [0.1, 0.15) is 6.42 Å². The summed E-state index contributed by atoms with van der Waals surface area (Å²) in [6.45, 7) is 1.45. The Morgan fingerprint density at radius 2 is 2.06 bits per heavy atom. The van der Waals surface area contributed by atoms with Gasteiger partial charge < -0.3 is 20.3 Å². The molecule has 1 fully saturated rings. The molecule has 2 amide bonds. The van der Waals surface area contributed by atoms with Gasteiger partial charge in [0.25, 0.3) is 0 Å². The molecule has 2 unspecified atom stereocenters. The largest absolute Gasteiger partial charge is 0.379 e. The third-order valence-electron chi connectivity index (χ3n) is 3.10. The summed E-state index contributed by atoms with van der Waals surface area (Å²) in [5.74, 6) is -0.169. The Morgan fingerprint density at radius 1 is 1.35 bits per heavy atom. The molecule has 6 heteroatoms. The maximum Gasteiger partial charge on any atom is 0.229 e. The summed E-state index contributed by atoms with van der Waals surface area (Å²) in [6, 6.07) is 0.0740. The molecule has 0 bridgehead atoms. The van der Waals surface area contributed by atoms with Crippen molar-refractivity contribution in [2.24, 2.45) is 5.92 Å². The first-order valence-electron chi connectivity index (χ1n) is 5.80. The normalized spacial score (nSPS) is 23.5.